The first kappa shape index (κ1) is 17.3. The van der Waals surface area contributed by atoms with E-state index < -0.39 is 11.7 Å². The fourth-order valence-corrected chi connectivity index (χ4v) is 1.95. The Morgan fingerprint density at radius 2 is 2.04 bits per heavy atom. The Hall–Kier alpha value is -2.06. The average molecular weight is 362 g/mol. The van der Waals surface area contributed by atoms with Crippen molar-refractivity contribution in [3.63, 3.8) is 0 Å². The third kappa shape index (κ3) is 4.97. The van der Waals surface area contributed by atoms with Gasteiger partial charge in [-0.1, -0.05) is 11.6 Å². The van der Waals surface area contributed by atoms with Gasteiger partial charge in [0.25, 0.3) is 0 Å². The molecule has 0 amide bonds. The zero-order valence-corrected chi connectivity index (χ0v) is 13.3. The van der Waals surface area contributed by atoms with Crippen molar-refractivity contribution in [3.8, 4) is 0 Å². The number of halogens is 4. The summed E-state index contributed by atoms with van der Waals surface area (Å²) in [7, 11) is 0. The van der Waals surface area contributed by atoms with Crippen molar-refractivity contribution < 1.29 is 17.6 Å². The molecule has 1 heterocycles. The number of nitrogens with one attached hydrogen (secondary N) is 2. The molecule has 2 aromatic rings. The molecule has 0 bridgehead atoms. The minimum atomic E-state index is -4.47. The van der Waals surface area contributed by atoms with E-state index in [4.69, 9.17) is 28.2 Å². The molecule has 0 aliphatic heterocycles. The quantitative estimate of drug-likeness (QED) is 0.477. The van der Waals surface area contributed by atoms with Gasteiger partial charge in [-0.3, -0.25) is 5.43 Å². The molecule has 122 valence electrons. The van der Waals surface area contributed by atoms with Crippen LogP contribution in [0.2, 0.25) is 5.02 Å². The Bertz CT molecular complexity index is 743. The Balaban J connectivity index is 2.01. The van der Waals surface area contributed by atoms with Gasteiger partial charge in [-0.25, -0.2) is 0 Å². The molecule has 4 nitrogen and oxygen atoms in total. The van der Waals surface area contributed by atoms with Gasteiger partial charge in [0, 0.05) is 0 Å². The van der Waals surface area contributed by atoms with Crippen LogP contribution in [0.15, 0.2) is 39.9 Å². The minimum Gasteiger partial charge on any atom is -0.460 e. The molecule has 0 aliphatic carbocycles. The highest BCUT2D eigenvalue weighted by atomic mass is 35.5. The van der Waals surface area contributed by atoms with E-state index in [9.17, 15) is 13.2 Å². The summed E-state index contributed by atoms with van der Waals surface area (Å²) in [5, 5.41) is 6.47. The van der Waals surface area contributed by atoms with Gasteiger partial charge in [0.15, 0.2) is 5.11 Å². The summed E-state index contributed by atoms with van der Waals surface area (Å²) in [5.41, 5.74) is 1.66. The lowest BCUT2D eigenvalue weighted by atomic mass is 10.2. The summed E-state index contributed by atoms with van der Waals surface area (Å²) in [5.74, 6) is 1.23. The van der Waals surface area contributed by atoms with Gasteiger partial charge in [-0.2, -0.15) is 18.3 Å². The fourth-order valence-electron chi connectivity index (χ4n) is 1.62. The van der Waals surface area contributed by atoms with Crippen molar-refractivity contribution >= 4 is 40.8 Å². The van der Waals surface area contributed by atoms with Crippen molar-refractivity contribution in [2.75, 3.05) is 5.32 Å². The largest absolute Gasteiger partial charge is 0.460 e. The number of furan rings is 1. The molecular formula is C14H11ClF3N3OS. The Labute approximate surface area is 140 Å². The maximum Gasteiger partial charge on any atom is 0.416 e. The number of aryl methyl sites for hydroxylation is 1. The second-order valence-corrected chi connectivity index (χ2v) is 5.28. The molecule has 2 rings (SSSR count). The van der Waals surface area contributed by atoms with Crippen LogP contribution in [0.25, 0.3) is 0 Å². The zero-order chi connectivity index (χ0) is 17.0. The number of nitrogens with zero attached hydrogens (tertiary/aromatic N) is 1. The second kappa shape index (κ2) is 7.01. The molecular weight excluding hydrogens is 351 g/mol. The topological polar surface area (TPSA) is 49.6 Å². The lowest BCUT2D eigenvalue weighted by Gasteiger charge is -2.12. The van der Waals surface area contributed by atoms with Crippen molar-refractivity contribution in [1.82, 2.24) is 5.43 Å². The van der Waals surface area contributed by atoms with Gasteiger partial charge >= 0.3 is 6.18 Å². The van der Waals surface area contributed by atoms with Crippen molar-refractivity contribution in [1.29, 1.82) is 0 Å². The van der Waals surface area contributed by atoms with E-state index in [-0.39, 0.29) is 15.8 Å². The highest BCUT2D eigenvalue weighted by Gasteiger charge is 2.31. The number of anilines is 1. The van der Waals surface area contributed by atoms with E-state index in [0.29, 0.717) is 5.76 Å². The normalized spacial score (nSPS) is 11.7. The number of alkyl halides is 3. The molecule has 0 unspecified atom stereocenters. The van der Waals surface area contributed by atoms with Gasteiger partial charge in [0.2, 0.25) is 0 Å². The summed E-state index contributed by atoms with van der Waals surface area (Å²) in [6.45, 7) is 1.78. The van der Waals surface area contributed by atoms with E-state index in [1.807, 2.05) is 0 Å². The fraction of sp³-hybridized carbons (Fsp3) is 0.143. The predicted octanol–water partition coefficient (Wildman–Crippen LogP) is 4.58. The number of hydrogen-bond acceptors (Lipinski definition) is 3. The van der Waals surface area contributed by atoms with Crippen molar-refractivity contribution in [3.05, 3.63) is 52.4 Å². The molecule has 0 spiro atoms. The van der Waals surface area contributed by atoms with Crippen LogP contribution in [0, 0.1) is 6.92 Å². The van der Waals surface area contributed by atoms with Gasteiger partial charge in [0.05, 0.1) is 22.5 Å². The monoisotopic (exact) mass is 361 g/mol. The standard InChI is InChI=1S/C14H11ClF3N3OS/c1-8-2-4-10(22-8)7-19-21-13(23)20-12-6-9(14(16,17)18)3-5-11(12)15/h2-7H,1H3,(H2,20,21,23)/b19-7-. The van der Waals surface area contributed by atoms with Crippen LogP contribution in [-0.2, 0) is 6.18 Å². The van der Waals surface area contributed by atoms with E-state index >= 15 is 0 Å². The maximum atomic E-state index is 12.7. The van der Waals surface area contributed by atoms with Crippen molar-refractivity contribution in [2.45, 2.75) is 13.1 Å². The van der Waals surface area contributed by atoms with Gasteiger partial charge in [-0.15, -0.1) is 0 Å². The first-order valence-corrected chi connectivity index (χ1v) is 7.07. The molecule has 0 aliphatic rings. The average Bonchev–Trinajstić information content (AvgIpc) is 2.85. The number of rotatable bonds is 3. The summed E-state index contributed by atoms with van der Waals surface area (Å²) in [6, 6.07) is 6.38. The van der Waals surface area contributed by atoms with Crippen LogP contribution < -0.4 is 10.7 Å². The molecule has 0 fully saturated rings. The van der Waals surface area contributed by atoms with E-state index in [0.717, 1.165) is 24.0 Å². The first-order chi connectivity index (χ1) is 10.8. The Kier molecular flexibility index (Phi) is 5.27. The SMILES string of the molecule is Cc1ccc(/C=N\NC(=S)Nc2cc(C(F)(F)F)ccc2Cl)o1. The molecule has 0 saturated heterocycles. The lowest BCUT2D eigenvalue weighted by Crippen LogP contribution is -2.24. The number of hydrogen-bond donors (Lipinski definition) is 2. The molecule has 0 atom stereocenters. The number of thiocarbonyl (C=S) groups is 1. The predicted molar refractivity (Wildman–Crippen MR) is 86.8 cm³/mol. The molecule has 1 aromatic heterocycles. The van der Waals surface area contributed by atoms with Crippen LogP contribution in [0.5, 0.6) is 0 Å². The molecule has 9 heteroatoms. The highest BCUT2D eigenvalue weighted by Crippen LogP contribution is 2.33. The Morgan fingerprint density at radius 1 is 1.30 bits per heavy atom. The summed E-state index contributed by atoms with van der Waals surface area (Å²) in [6.07, 6.45) is -3.08. The molecule has 1 aromatic carbocycles. The molecule has 0 radical (unpaired) electrons. The molecule has 0 saturated carbocycles. The number of hydrazone groups is 1. The van der Waals surface area contributed by atoms with Crippen molar-refractivity contribution in [2.24, 2.45) is 5.10 Å². The first-order valence-electron chi connectivity index (χ1n) is 6.29. The van der Waals surface area contributed by atoms with Crippen LogP contribution in [0.1, 0.15) is 17.1 Å². The van der Waals surface area contributed by atoms with Crippen LogP contribution in [0.4, 0.5) is 18.9 Å². The highest BCUT2D eigenvalue weighted by molar-refractivity contribution is 7.80. The molecule has 23 heavy (non-hydrogen) atoms. The maximum absolute atomic E-state index is 12.7. The smallest absolute Gasteiger partial charge is 0.416 e. The third-order valence-corrected chi connectivity index (χ3v) is 3.18. The van der Waals surface area contributed by atoms with Crippen LogP contribution in [-0.4, -0.2) is 11.3 Å². The van der Waals surface area contributed by atoms with E-state index in [2.05, 4.69) is 15.8 Å². The van der Waals surface area contributed by atoms with Gasteiger partial charge in [-0.05, 0) is 49.5 Å². The second-order valence-electron chi connectivity index (χ2n) is 4.46. The van der Waals surface area contributed by atoms with Crippen LogP contribution >= 0.6 is 23.8 Å². The minimum absolute atomic E-state index is 0.00856. The van der Waals surface area contributed by atoms with Gasteiger partial charge < -0.3 is 9.73 Å². The van der Waals surface area contributed by atoms with E-state index in [1.54, 1.807) is 19.1 Å². The summed E-state index contributed by atoms with van der Waals surface area (Å²) < 4.78 is 43.3. The van der Waals surface area contributed by atoms with Crippen LogP contribution in [0.3, 0.4) is 0 Å². The third-order valence-electron chi connectivity index (χ3n) is 2.66. The molecule has 2 N–H and O–H groups in total. The van der Waals surface area contributed by atoms with Gasteiger partial charge in [0.1, 0.15) is 11.5 Å². The zero-order valence-electron chi connectivity index (χ0n) is 11.7. The number of benzene rings is 1. The Morgan fingerprint density at radius 3 is 2.65 bits per heavy atom. The van der Waals surface area contributed by atoms with E-state index in [1.165, 1.54) is 6.21 Å². The summed E-state index contributed by atoms with van der Waals surface area (Å²) >= 11 is 10.8. The lowest BCUT2D eigenvalue weighted by molar-refractivity contribution is -0.137. The summed E-state index contributed by atoms with van der Waals surface area (Å²) in [4.78, 5) is 0.